The largest absolute Gasteiger partial charge is 0.493 e. The number of rotatable bonds is 4. The molecule has 1 heterocycles. The number of methoxy groups -OCH3 is 1. The van der Waals surface area contributed by atoms with Gasteiger partial charge in [0.25, 0.3) is 0 Å². The van der Waals surface area contributed by atoms with Crippen LogP contribution in [0.25, 0.3) is 0 Å². The molecule has 1 unspecified atom stereocenters. The van der Waals surface area contributed by atoms with Crippen LogP contribution in [0.5, 0.6) is 11.5 Å². The van der Waals surface area contributed by atoms with Crippen LogP contribution in [-0.2, 0) is 4.79 Å². The molecule has 1 amide bonds. The summed E-state index contributed by atoms with van der Waals surface area (Å²) in [5.41, 5.74) is 0.305. The molecule has 1 aliphatic carbocycles. The van der Waals surface area contributed by atoms with E-state index in [-0.39, 0.29) is 18.0 Å². The molecule has 0 spiro atoms. The van der Waals surface area contributed by atoms with E-state index >= 15 is 0 Å². The highest BCUT2D eigenvalue weighted by molar-refractivity contribution is 5.79. The van der Waals surface area contributed by atoms with Gasteiger partial charge in [0.05, 0.1) is 13.2 Å². The maximum atomic E-state index is 11.8. The van der Waals surface area contributed by atoms with Crippen molar-refractivity contribution in [2.24, 2.45) is 0 Å². The lowest BCUT2D eigenvalue weighted by Gasteiger charge is -2.18. The third-order valence-corrected chi connectivity index (χ3v) is 3.08. The zero-order valence-electron chi connectivity index (χ0n) is 20.8. The smallest absolute Gasteiger partial charge is 0.220 e. The Morgan fingerprint density at radius 2 is 2.10 bits per heavy atom. The average Bonchev–Trinajstić information content (AvgIpc) is 2.93. The Hall–Kier alpha value is -1.71. The molecule has 4 heteroatoms. The highest BCUT2D eigenvalue weighted by Gasteiger charge is 2.25. The second kappa shape index (κ2) is 5.73. The lowest BCUT2D eigenvalue weighted by atomic mass is 9.98. The van der Waals surface area contributed by atoms with E-state index in [4.69, 9.17) is 23.2 Å². The summed E-state index contributed by atoms with van der Waals surface area (Å²) in [6.07, 6.45) is -16.9. The lowest BCUT2D eigenvalue weighted by Crippen LogP contribution is -2.14. The predicted molar refractivity (Wildman–Crippen MR) is 76.2 cm³/mol. The first-order valence-electron chi connectivity index (χ1n) is 11.2. The van der Waals surface area contributed by atoms with Gasteiger partial charge < -0.3 is 14.8 Å². The van der Waals surface area contributed by atoms with Gasteiger partial charge in [0.1, 0.15) is 0 Å². The molecule has 1 aromatic rings. The van der Waals surface area contributed by atoms with Gasteiger partial charge in [-0.15, -0.1) is 0 Å². The summed E-state index contributed by atoms with van der Waals surface area (Å²) < 4.78 is 90.4. The molecule has 1 aromatic carbocycles. The van der Waals surface area contributed by atoms with Gasteiger partial charge in [-0.25, -0.2) is 0 Å². The third kappa shape index (κ3) is 2.74. The minimum atomic E-state index is -3.20. The Kier molecular flexibility index (Phi) is 1.71. The monoisotopic (exact) mass is 285 g/mol. The van der Waals surface area contributed by atoms with Crippen LogP contribution in [0.2, 0.25) is 0 Å². The van der Waals surface area contributed by atoms with Crippen molar-refractivity contribution < 1.29 is 28.0 Å². The van der Waals surface area contributed by atoms with E-state index in [0.29, 0.717) is 5.56 Å². The van der Waals surface area contributed by atoms with Crippen molar-refractivity contribution in [3.8, 4) is 11.5 Å². The molecule has 108 valence electrons. The zero-order chi connectivity index (χ0) is 22.9. The Labute approximate surface area is 133 Å². The highest BCUT2D eigenvalue weighted by atomic mass is 16.5. The number of ether oxygens (including phenoxy) is 2. The van der Waals surface area contributed by atoms with Gasteiger partial charge in [0, 0.05) is 32.5 Å². The molecule has 2 fully saturated rings. The molecule has 1 N–H and O–H groups in total. The highest BCUT2D eigenvalue weighted by Crippen LogP contribution is 2.35. The molecular formula is C16H21NO3. The molecule has 1 saturated heterocycles. The fourth-order valence-corrected chi connectivity index (χ4v) is 2.08. The number of benzene rings is 1. The van der Waals surface area contributed by atoms with Crippen LogP contribution in [0.3, 0.4) is 0 Å². The Bertz CT molecular complexity index is 847. The van der Waals surface area contributed by atoms with E-state index in [9.17, 15) is 4.79 Å². The van der Waals surface area contributed by atoms with Gasteiger partial charge in [0.2, 0.25) is 5.91 Å². The van der Waals surface area contributed by atoms with Crippen molar-refractivity contribution in [3.63, 3.8) is 0 Å². The number of carbonyl (C=O) groups excluding carboxylic acids is 1. The summed E-state index contributed by atoms with van der Waals surface area (Å²) >= 11 is 0. The summed E-state index contributed by atoms with van der Waals surface area (Å²) in [5.74, 6) is -1.85. The van der Waals surface area contributed by atoms with Crippen LogP contribution in [0.15, 0.2) is 18.2 Å². The van der Waals surface area contributed by atoms with Crippen molar-refractivity contribution in [3.05, 3.63) is 23.8 Å². The van der Waals surface area contributed by atoms with Crippen LogP contribution in [-0.4, -0.2) is 25.7 Å². The quantitative estimate of drug-likeness (QED) is 0.925. The van der Waals surface area contributed by atoms with Crippen molar-refractivity contribution >= 4 is 5.91 Å². The second-order valence-corrected chi connectivity index (χ2v) is 4.35. The summed E-state index contributed by atoms with van der Waals surface area (Å²) in [6, 6.07) is 4.15. The SMILES string of the molecule is [2H]C1([2H])C(=O)NCC1c1ccc(OC)c(OC2C([2H])([2H])C([2H])([2H])C([2H])([2H])C2([2H])[2H])c1. The van der Waals surface area contributed by atoms with Crippen molar-refractivity contribution in [1.29, 1.82) is 0 Å². The fourth-order valence-electron chi connectivity index (χ4n) is 2.08. The average molecular weight is 285 g/mol. The summed E-state index contributed by atoms with van der Waals surface area (Å²) in [6.45, 7) is 0.00772. The second-order valence-electron chi connectivity index (χ2n) is 4.35. The van der Waals surface area contributed by atoms with Crippen molar-refractivity contribution in [2.75, 3.05) is 13.7 Å². The van der Waals surface area contributed by atoms with E-state index in [1.54, 1.807) is 0 Å². The number of hydrogen-bond acceptors (Lipinski definition) is 3. The summed E-state index contributed by atoms with van der Waals surface area (Å²) in [5, 5.41) is 2.42. The molecule has 0 aromatic heterocycles. The molecule has 20 heavy (non-hydrogen) atoms. The molecule has 2 aliphatic rings. The normalized spacial score (nSPS) is 42.9. The Morgan fingerprint density at radius 3 is 2.75 bits per heavy atom. The maximum Gasteiger partial charge on any atom is 0.220 e. The van der Waals surface area contributed by atoms with Gasteiger partial charge in [0.15, 0.2) is 11.5 Å². The summed E-state index contributed by atoms with van der Waals surface area (Å²) in [7, 11) is 1.28. The van der Waals surface area contributed by atoms with Crippen LogP contribution >= 0.6 is 0 Å². The van der Waals surface area contributed by atoms with Crippen LogP contribution in [0, 0.1) is 0 Å². The number of nitrogens with one attached hydrogen (secondary N) is 1. The molecule has 4 nitrogen and oxygen atoms in total. The van der Waals surface area contributed by atoms with Crippen LogP contribution < -0.4 is 14.8 Å². The van der Waals surface area contributed by atoms with E-state index in [2.05, 4.69) is 5.32 Å². The lowest BCUT2D eigenvalue weighted by molar-refractivity contribution is -0.119. The standard InChI is InChI=1S/C16H21NO3/c1-19-14-7-6-11(12-9-16(18)17-10-12)8-15(14)20-13-4-2-3-5-13/h6-8,12-13H,2-5,9-10H2,1H3,(H,17,18)/i2D2,3D2,4D2,5D2,9D2. The van der Waals surface area contributed by atoms with E-state index in [1.807, 2.05) is 0 Å². The maximum absolute atomic E-state index is 11.8. The molecule has 3 rings (SSSR count). The molecule has 1 atom stereocenters. The van der Waals surface area contributed by atoms with E-state index < -0.39 is 49.8 Å². The first kappa shape index (κ1) is 5.96. The number of hydrogen-bond donors (Lipinski definition) is 1. The summed E-state index contributed by atoms with van der Waals surface area (Å²) in [4.78, 5) is 11.8. The zero-order valence-corrected chi connectivity index (χ0v) is 10.8. The Morgan fingerprint density at radius 1 is 1.30 bits per heavy atom. The van der Waals surface area contributed by atoms with E-state index in [0.717, 1.165) is 0 Å². The third-order valence-electron chi connectivity index (χ3n) is 3.08. The van der Waals surface area contributed by atoms with E-state index in [1.165, 1.54) is 25.3 Å². The van der Waals surface area contributed by atoms with Crippen molar-refractivity contribution in [1.82, 2.24) is 5.32 Å². The minimum absolute atomic E-state index is 0.00772. The van der Waals surface area contributed by atoms with Crippen LogP contribution in [0.1, 0.15) is 57.1 Å². The van der Waals surface area contributed by atoms with Crippen LogP contribution in [0.4, 0.5) is 0 Å². The first-order chi connectivity index (χ1) is 13.5. The Balaban J connectivity index is 2.05. The van der Waals surface area contributed by atoms with Gasteiger partial charge >= 0.3 is 0 Å². The van der Waals surface area contributed by atoms with Gasteiger partial charge in [-0.3, -0.25) is 4.79 Å². The fraction of sp³-hybridized carbons (Fsp3) is 0.562. The molecular weight excluding hydrogens is 254 g/mol. The molecule has 0 bridgehead atoms. The number of carbonyl (C=O) groups is 1. The molecule has 1 saturated carbocycles. The van der Waals surface area contributed by atoms with Gasteiger partial charge in [-0.05, 0) is 43.2 Å². The predicted octanol–water partition coefficient (Wildman–Crippen LogP) is 2.62. The minimum Gasteiger partial charge on any atom is -0.493 e. The topological polar surface area (TPSA) is 47.6 Å². The molecule has 1 aliphatic heterocycles. The van der Waals surface area contributed by atoms with Gasteiger partial charge in [-0.1, -0.05) is 6.07 Å². The van der Waals surface area contributed by atoms with Gasteiger partial charge in [-0.2, -0.15) is 0 Å². The number of amides is 1. The molecule has 0 radical (unpaired) electrons. The first-order valence-corrected chi connectivity index (χ1v) is 6.16. The van der Waals surface area contributed by atoms with Crippen molar-refractivity contribution in [2.45, 2.75) is 43.9 Å².